The van der Waals surface area contributed by atoms with Crippen LogP contribution in [-0.4, -0.2) is 35.2 Å². The zero-order valence-electron chi connectivity index (χ0n) is 6.52. The van der Waals surface area contributed by atoms with Crippen molar-refractivity contribution in [3.05, 3.63) is 0 Å². The molecule has 1 atom stereocenters. The van der Waals surface area contributed by atoms with Crippen molar-refractivity contribution in [1.82, 2.24) is 0 Å². The molecule has 0 bridgehead atoms. The summed E-state index contributed by atoms with van der Waals surface area (Å²) in [5.41, 5.74) is 0. The number of carbonyl (C=O) groups is 1. The predicted octanol–water partition coefficient (Wildman–Crippen LogP) is 0.313. The van der Waals surface area contributed by atoms with E-state index in [9.17, 15) is 9.00 Å². The molecular formula is C5H10O6S. The molecule has 0 spiro atoms. The second-order valence-electron chi connectivity index (χ2n) is 1.70. The van der Waals surface area contributed by atoms with Crippen LogP contribution in [0.4, 0.5) is 4.79 Å². The van der Waals surface area contributed by atoms with Gasteiger partial charge in [-0.05, 0) is 0 Å². The maximum Gasteiger partial charge on any atom is 0.507 e. The van der Waals surface area contributed by atoms with Crippen LogP contribution in [-0.2, 0) is 25.0 Å². The summed E-state index contributed by atoms with van der Waals surface area (Å²) >= 11 is -2.25. The van der Waals surface area contributed by atoms with Crippen molar-refractivity contribution in [2.24, 2.45) is 0 Å². The van der Waals surface area contributed by atoms with E-state index in [1.165, 1.54) is 7.11 Å². The van der Waals surface area contributed by atoms with Gasteiger partial charge in [0.2, 0.25) is 0 Å². The first-order valence-electron chi connectivity index (χ1n) is 3.11. The van der Waals surface area contributed by atoms with Crippen LogP contribution in [0.5, 0.6) is 0 Å². The molecule has 6 nitrogen and oxygen atoms in total. The molecule has 0 aromatic heterocycles. The molecule has 0 saturated carbocycles. The van der Waals surface area contributed by atoms with Gasteiger partial charge in [0.15, 0.2) is 0 Å². The minimum absolute atomic E-state index is 0.0557. The number of hydrogen-bond donors (Lipinski definition) is 1. The first-order valence-corrected chi connectivity index (χ1v) is 4.15. The van der Waals surface area contributed by atoms with Crippen LogP contribution in [0.3, 0.4) is 0 Å². The lowest BCUT2D eigenvalue weighted by Crippen LogP contribution is -2.08. The SMILES string of the molecule is COC(=O)OCCCOS(=O)O. The molecule has 0 saturated heterocycles. The van der Waals surface area contributed by atoms with Crippen LogP contribution in [0.2, 0.25) is 0 Å². The van der Waals surface area contributed by atoms with E-state index in [1.807, 2.05) is 0 Å². The Morgan fingerprint density at radius 3 is 2.67 bits per heavy atom. The highest BCUT2D eigenvalue weighted by Crippen LogP contribution is 1.89. The van der Waals surface area contributed by atoms with Gasteiger partial charge in [-0.2, -0.15) is 4.21 Å². The number of carbonyl (C=O) groups excluding carboxylic acids is 1. The lowest BCUT2D eigenvalue weighted by atomic mass is 10.5. The number of methoxy groups -OCH3 is 1. The fraction of sp³-hybridized carbons (Fsp3) is 0.800. The lowest BCUT2D eigenvalue weighted by molar-refractivity contribution is 0.0689. The molecule has 0 aliphatic heterocycles. The minimum Gasteiger partial charge on any atom is -0.438 e. The van der Waals surface area contributed by atoms with E-state index in [0.29, 0.717) is 6.42 Å². The van der Waals surface area contributed by atoms with Gasteiger partial charge in [0.1, 0.15) is 0 Å². The second kappa shape index (κ2) is 7.01. The highest BCUT2D eigenvalue weighted by molar-refractivity contribution is 7.74. The Morgan fingerprint density at radius 2 is 2.17 bits per heavy atom. The molecule has 7 heteroatoms. The standard InChI is InChI=1S/C5H10O6S/c1-9-5(6)10-3-2-4-11-12(7)8/h2-4H2,1H3,(H,7,8). The van der Waals surface area contributed by atoms with Gasteiger partial charge >= 0.3 is 17.5 Å². The lowest BCUT2D eigenvalue weighted by Gasteiger charge is -2.01. The molecule has 1 unspecified atom stereocenters. The Morgan fingerprint density at radius 1 is 1.50 bits per heavy atom. The Hall–Kier alpha value is -0.660. The van der Waals surface area contributed by atoms with Gasteiger partial charge in [0.25, 0.3) is 0 Å². The van der Waals surface area contributed by atoms with E-state index in [1.54, 1.807) is 0 Å². The number of rotatable bonds is 5. The van der Waals surface area contributed by atoms with Crippen molar-refractivity contribution < 1.29 is 27.2 Å². The third kappa shape index (κ3) is 7.45. The van der Waals surface area contributed by atoms with E-state index < -0.39 is 17.5 Å². The van der Waals surface area contributed by atoms with E-state index in [-0.39, 0.29) is 13.2 Å². The number of hydrogen-bond acceptors (Lipinski definition) is 5. The predicted molar refractivity (Wildman–Crippen MR) is 39.7 cm³/mol. The van der Waals surface area contributed by atoms with E-state index in [0.717, 1.165) is 0 Å². The molecule has 0 heterocycles. The molecule has 12 heavy (non-hydrogen) atoms. The third-order valence-electron chi connectivity index (χ3n) is 0.859. The van der Waals surface area contributed by atoms with Gasteiger partial charge in [0.05, 0.1) is 20.3 Å². The Balaban J connectivity index is 3.11. The van der Waals surface area contributed by atoms with Crippen molar-refractivity contribution >= 4 is 17.5 Å². The Bertz CT molecular complexity index is 158. The highest BCUT2D eigenvalue weighted by atomic mass is 32.2. The zero-order chi connectivity index (χ0) is 9.40. The topological polar surface area (TPSA) is 82.1 Å². The van der Waals surface area contributed by atoms with Crippen LogP contribution in [0.1, 0.15) is 6.42 Å². The summed E-state index contributed by atoms with van der Waals surface area (Å²) in [7, 11) is 1.20. The normalized spacial score (nSPS) is 12.2. The summed E-state index contributed by atoms with van der Waals surface area (Å²) in [6.45, 7) is 0.157. The van der Waals surface area contributed by atoms with Gasteiger partial charge in [-0.1, -0.05) is 0 Å². The first-order chi connectivity index (χ1) is 5.66. The molecule has 0 fully saturated rings. The molecule has 0 aromatic rings. The van der Waals surface area contributed by atoms with Crippen LogP contribution in [0.15, 0.2) is 0 Å². The zero-order valence-corrected chi connectivity index (χ0v) is 7.33. The van der Waals surface area contributed by atoms with Crippen molar-refractivity contribution in [2.45, 2.75) is 6.42 Å². The molecule has 1 N–H and O–H groups in total. The number of ether oxygens (including phenoxy) is 2. The van der Waals surface area contributed by atoms with Crippen LogP contribution in [0, 0.1) is 0 Å². The van der Waals surface area contributed by atoms with Crippen molar-refractivity contribution in [3.63, 3.8) is 0 Å². The summed E-state index contributed by atoms with van der Waals surface area (Å²) in [4.78, 5) is 10.3. The summed E-state index contributed by atoms with van der Waals surface area (Å²) in [6.07, 6.45) is -0.429. The van der Waals surface area contributed by atoms with Crippen LogP contribution in [0.25, 0.3) is 0 Å². The molecule has 0 aromatic carbocycles. The van der Waals surface area contributed by atoms with Gasteiger partial charge in [-0.25, -0.2) is 4.79 Å². The van der Waals surface area contributed by atoms with E-state index in [2.05, 4.69) is 13.7 Å². The van der Waals surface area contributed by atoms with Crippen molar-refractivity contribution in [3.8, 4) is 0 Å². The average Bonchev–Trinajstić information content (AvgIpc) is 2.03. The van der Waals surface area contributed by atoms with Gasteiger partial charge < -0.3 is 9.47 Å². The molecule has 0 aliphatic carbocycles. The largest absolute Gasteiger partial charge is 0.507 e. The molecular weight excluding hydrogens is 188 g/mol. The molecule has 0 radical (unpaired) electrons. The minimum atomic E-state index is -2.25. The van der Waals surface area contributed by atoms with Crippen LogP contribution >= 0.6 is 0 Å². The summed E-state index contributed by atoms with van der Waals surface area (Å²) in [5.74, 6) is 0. The van der Waals surface area contributed by atoms with Crippen LogP contribution < -0.4 is 0 Å². The van der Waals surface area contributed by atoms with Gasteiger partial charge in [-0.3, -0.25) is 8.74 Å². The first kappa shape index (κ1) is 11.3. The molecule has 0 rings (SSSR count). The fourth-order valence-corrected chi connectivity index (χ4v) is 0.664. The quantitative estimate of drug-likeness (QED) is 0.389. The van der Waals surface area contributed by atoms with E-state index in [4.69, 9.17) is 4.55 Å². The summed E-state index contributed by atoms with van der Waals surface area (Å²) in [5, 5.41) is 0. The van der Waals surface area contributed by atoms with Crippen molar-refractivity contribution in [1.29, 1.82) is 0 Å². The highest BCUT2D eigenvalue weighted by Gasteiger charge is 1.99. The third-order valence-corrected chi connectivity index (χ3v) is 1.23. The Kier molecular flexibility index (Phi) is 6.63. The molecule has 0 amide bonds. The Labute approximate surface area is 72.3 Å². The maximum absolute atomic E-state index is 10.3. The van der Waals surface area contributed by atoms with E-state index >= 15 is 0 Å². The molecule has 0 aliphatic rings. The van der Waals surface area contributed by atoms with Gasteiger partial charge in [0, 0.05) is 6.42 Å². The maximum atomic E-state index is 10.3. The second-order valence-corrected chi connectivity index (χ2v) is 2.37. The average molecular weight is 198 g/mol. The molecule has 72 valence electrons. The smallest absolute Gasteiger partial charge is 0.438 e. The van der Waals surface area contributed by atoms with Gasteiger partial charge in [-0.15, -0.1) is 0 Å². The monoisotopic (exact) mass is 198 g/mol. The van der Waals surface area contributed by atoms with Crippen molar-refractivity contribution in [2.75, 3.05) is 20.3 Å². The fourth-order valence-electron chi connectivity index (χ4n) is 0.404. The summed E-state index contributed by atoms with van der Waals surface area (Å²) < 4.78 is 30.9. The summed E-state index contributed by atoms with van der Waals surface area (Å²) in [6, 6.07) is 0.